The zero-order valence-corrected chi connectivity index (χ0v) is 11.3. The van der Waals surface area contributed by atoms with Crippen LogP contribution in [0.4, 0.5) is 9.18 Å². The first kappa shape index (κ1) is 15.7. The second-order valence-corrected chi connectivity index (χ2v) is 4.32. The van der Waals surface area contributed by atoms with Crippen molar-refractivity contribution in [3.63, 3.8) is 0 Å². The average molecular weight is 289 g/mol. The Bertz CT molecular complexity index is 391. The van der Waals surface area contributed by atoms with Gasteiger partial charge in [-0.2, -0.15) is 0 Å². The maximum absolute atomic E-state index is 13.4. The first-order valence-electron chi connectivity index (χ1n) is 6.07. The van der Waals surface area contributed by atoms with Crippen molar-refractivity contribution >= 4 is 18.5 Å². The van der Waals surface area contributed by atoms with Crippen LogP contribution < -0.4 is 10.6 Å². The van der Waals surface area contributed by atoms with E-state index in [1.807, 2.05) is 30.3 Å². The molecule has 4 nitrogen and oxygen atoms in total. The monoisotopic (exact) mass is 288 g/mol. The number of halogens is 2. The summed E-state index contributed by atoms with van der Waals surface area (Å²) < 4.78 is 18.5. The Morgan fingerprint density at radius 1 is 1.42 bits per heavy atom. The molecule has 19 heavy (non-hydrogen) atoms. The van der Waals surface area contributed by atoms with E-state index in [0.717, 1.165) is 5.56 Å². The Morgan fingerprint density at radius 3 is 2.84 bits per heavy atom. The molecule has 0 aliphatic carbocycles. The third kappa shape index (κ3) is 5.04. The van der Waals surface area contributed by atoms with Crippen LogP contribution >= 0.6 is 12.4 Å². The molecular formula is C13H18ClFN2O2. The number of hydrogen-bond acceptors (Lipinski definition) is 3. The summed E-state index contributed by atoms with van der Waals surface area (Å²) in [7, 11) is 0. The molecule has 0 aromatic heterocycles. The quantitative estimate of drug-likeness (QED) is 0.895. The zero-order chi connectivity index (χ0) is 12.8. The number of alkyl halides is 1. The van der Waals surface area contributed by atoms with Gasteiger partial charge in [0.1, 0.15) is 12.8 Å². The number of carbonyl (C=O) groups is 1. The van der Waals surface area contributed by atoms with Crippen molar-refractivity contribution in [1.82, 2.24) is 10.6 Å². The molecule has 0 spiro atoms. The number of nitrogens with one attached hydrogen (secondary N) is 2. The van der Waals surface area contributed by atoms with Gasteiger partial charge in [-0.05, 0) is 18.5 Å². The Balaban J connectivity index is 0.00000180. The van der Waals surface area contributed by atoms with Gasteiger partial charge in [0, 0.05) is 6.54 Å². The molecule has 1 fully saturated rings. The maximum atomic E-state index is 13.4. The molecule has 2 unspecified atom stereocenters. The maximum Gasteiger partial charge on any atom is 0.407 e. The van der Waals surface area contributed by atoms with E-state index in [0.29, 0.717) is 13.0 Å². The van der Waals surface area contributed by atoms with Gasteiger partial charge in [-0.25, -0.2) is 9.18 Å². The molecule has 1 aromatic carbocycles. The van der Waals surface area contributed by atoms with Crippen LogP contribution in [0.15, 0.2) is 30.3 Å². The van der Waals surface area contributed by atoms with Crippen LogP contribution in [0, 0.1) is 0 Å². The molecule has 2 N–H and O–H groups in total. The van der Waals surface area contributed by atoms with Gasteiger partial charge >= 0.3 is 6.09 Å². The van der Waals surface area contributed by atoms with Crippen LogP contribution in [0.25, 0.3) is 0 Å². The fraction of sp³-hybridized carbons (Fsp3) is 0.462. The van der Waals surface area contributed by atoms with E-state index >= 15 is 0 Å². The Morgan fingerprint density at radius 2 is 2.16 bits per heavy atom. The highest BCUT2D eigenvalue weighted by molar-refractivity contribution is 5.85. The minimum atomic E-state index is -1.05. The predicted octanol–water partition coefficient (Wildman–Crippen LogP) is 2.03. The number of piperidine rings is 1. The van der Waals surface area contributed by atoms with Gasteiger partial charge in [0.2, 0.25) is 0 Å². The summed E-state index contributed by atoms with van der Waals surface area (Å²) in [6.45, 7) is 1.20. The highest BCUT2D eigenvalue weighted by atomic mass is 35.5. The summed E-state index contributed by atoms with van der Waals surface area (Å²) in [5, 5.41) is 5.49. The first-order chi connectivity index (χ1) is 8.75. The number of ether oxygens (including phenoxy) is 1. The lowest BCUT2D eigenvalue weighted by molar-refractivity contribution is 0.122. The van der Waals surface area contributed by atoms with Crippen LogP contribution in [0.2, 0.25) is 0 Å². The largest absolute Gasteiger partial charge is 0.445 e. The highest BCUT2D eigenvalue weighted by Gasteiger charge is 2.26. The lowest BCUT2D eigenvalue weighted by Gasteiger charge is -2.27. The van der Waals surface area contributed by atoms with Crippen molar-refractivity contribution in [2.75, 3.05) is 13.1 Å². The van der Waals surface area contributed by atoms with Gasteiger partial charge < -0.3 is 15.4 Å². The molecular weight excluding hydrogens is 271 g/mol. The van der Waals surface area contributed by atoms with Gasteiger partial charge in [-0.3, -0.25) is 0 Å². The van der Waals surface area contributed by atoms with Crippen molar-refractivity contribution in [3.05, 3.63) is 35.9 Å². The predicted molar refractivity (Wildman–Crippen MR) is 73.2 cm³/mol. The summed E-state index contributed by atoms with van der Waals surface area (Å²) in [6, 6.07) is 8.94. The normalized spacial score (nSPS) is 22.2. The van der Waals surface area contributed by atoms with E-state index in [4.69, 9.17) is 4.74 Å². The molecule has 6 heteroatoms. The van der Waals surface area contributed by atoms with Crippen LogP contribution in [0.1, 0.15) is 12.0 Å². The van der Waals surface area contributed by atoms with E-state index in [1.54, 1.807) is 0 Å². The van der Waals surface area contributed by atoms with E-state index < -0.39 is 18.3 Å². The van der Waals surface area contributed by atoms with E-state index in [9.17, 15) is 9.18 Å². The Kier molecular flexibility index (Phi) is 6.59. The van der Waals surface area contributed by atoms with E-state index in [1.165, 1.54) is 0 Å². The average Bonchev–Trinajstić information content (AvgIpc) is 2.40. The van der Waals surface area contributed by atoms with Crippen LogP contribution in [-0.4, -0.2) is 31.4 Å². The molecule has 1 heterocycles. The van der Waals surface area contributed by atoms with Crippen molar-refractivity contribution in [2.24, 2.45) is 0 Å². The van der Waals surface area contributed by atoms with Gasteiger partial charge in [0.25, 0.3) is 0 Å². The highest BCUT2D eigenvalue weighted by Crippen LogP contribution is 2.08. The minimum Gasteiger partial charge on any atom is -0.445 e. The van der Waals surface area contributed by atoms with Crippen LogP contribution in [0.3, 0.4) is 0 Å². The van der Waals surface area contributed by atoms with Crippen LogP contribution in [-0.2, 0) is 11.3 Å². The summed E-state index contributed by atoms with van der Waals surface area (Å²) in [6.07, 6.45) is -1.03. The third-order valence-electron chi connectivity index (χ3n) is 2.92. The van der Waals surface area contributed by atoms with E-state index in [-0.39, 0.29) is 25.6 Å². The van der Waals surface area contributed by atoms with Gasteiger partial charge in [-0.1, -0.05) is 30.3 Å². The number of carbonyl (C=O) groups excluding carboxylic acids is 1. The minimum absolute atomic E-state index is 0. The molecule has 1 aliphatic heterocycles. The molecule has 0 bridgehead atoms. The zero-order valence-electron chi connectivity index (χ0n) is 10.5. The van der Waals surface area contributed by atoms with Gasteiger partial charge in [-0.15, -0.1) is 12.4 Å². The number of hydrogen-bond donors (Lipinski definition) is 2. The summed E-state index contributed by atoms with van der Waals surface area (Å²) in [4.78, 5) is 11.5. The van der Waals surface area contributed by atoms with Crippen molar-refractivity contribution in [2.45, 2.75) is 25.2 Å². The molecule has 0 saturated carbocycles. The Hall–Kier alpha value is -1.33. The first-order valence-corrected chi connectivity index (χ1v) is 6.07. The van der Waals surface area contributed by atoms with Crippen LogP contribution in [0.5, 0.6) is 0 Å². The molecule has 1 aliphatic rings. The van der Waals surface area contributed by atoms with E-state index in [2.05, 4.69) is 10.6 Å². The van der Waals surface area contributed by atoms with Gasteiger partial charge in [0.05, 0.1) is 6.04 Å². The molecule has 0 radical (unpaired) electrons. The second-order valence-electron chi connectivity index (χ2n) is 4.32. The topological polar surface area (TPSA) is 50.4 Å². The lowest BCUT2D eigenvalue weighted by atomic mass is 10.1. The molecule has 2 rings (SSSR count). The van der Waals surface area contributed by atoms with Crippen molar-refractivity contribution in [1.29, 1.82) is 0 Å². The summed E-state index contributed by atoms with van der Waals surface area (Å²) >= 11 is 0. The third-order valence-corrected chi connectivity index (χ3v) is 2.92. The second kappa shape index (κ2) is 7.96. The Labute approximate surface area is 118 Å². The molecule has 1 aromatic rings. The molecule has 1 saturated heterocycles. The summed E-state index contributed by atoms with van der Waals surface area (Å²) in [5.41, 5.74) is 0.912. The fourth-order valence-corrected chi connectivity index (χ4v) is 1.90. The summed E-state index contributed by atoms with van der Waals surface area (Å²) in [5.74, 6) is 0. The van der Waals surface area contributed by atoms with Crippen molar-refractivity contribution in [3.8, 4) is 0 Å². The lowest BCUT2D eigenvalue weighted by Crippen LogP contribution is -2.50. The molecule has 106 valence electrons. The number of alkyl carbamates (subject to hydrolysis) is 1. The van der Waals surface area contributed by atoms with Gasteiger partial charge in [0.15, 0.2) is 0 Å². The molecule has 1 amide bonds. The standard InChI is InChI=1S/C13H17FN2O2.ClH/c14-11-8-15-7-6-12(11)16-13(17)18-9-10-4-2-1-3-5-10;/h1-5,11-12,15H,6-9H2,(H,16,17);1H. The fourth-order valence-electron chi connectivity index (χ4n) is 1.90. The SMILES string of the molecule is Cl.O=C(NC1CCNCC1F)OCc1ccccc1. The molecule has 2 atom stereocenters. The smallest absolute Gasteiger partial charge is 0.407 e. The van der Waals surface area contributed by atoms with Crippen molar-refractivity contribution < 1.29 is 13.9 Å². The number of rotatable bonds is 3. The number of amides is 1. The number of benzene rings is 1.